The van der Waals surface area contributed by atoms with Crippen molar-refractivity contribution in [3.05, 3.63) is 102 Å². The first kappa shape index (κ1) is 32.2. The van der Waals surface area contributed by atoms with Crippen LogP contribution in [0.5, 0.6) is 11.5 Å². The van der Waals surface area contributed by atoms with Crippen LogP contribution in [-0.4, -0.2) is 32.8 Å². The SMILES string of the molecule is COc1ccc(S(=O)(=O)N(Cc2cccnc2)c2c(C)cc(-c3ccc(OC(F)(F)F)cc3)cc2C(=O)ON)cc1.Cl. The van der Waals surface area contributed by atoms with Crippen LogP contribution in [0.3, 0.4) is 0 Å². The first-order chi connectivity index (χ1) is 19.4. The van der Waals surface area contributed by atoms with Crippen molar-refractivity contribution in [2.45, 2.75) is 24.7 Å². The summed E-state index contributed by atoms with van der Waals surface area (Å²) in [5.74, 6) is 4.23. The number of nitrogens with zero attached hydrogens (tertiary/aromatic N) is 2. The van der Waals surface area contributed by atoms with E-state index < -0.39 is 28.1 Å². The van der Waals surface area contributed by atoms with Gasteiger partial charge >= 0.3 is 12.3 Å². The Hall–Kier alpha value is -4.33. The molecule has 0 aliphatic rings. The van der Waals surface area contributed by atoms with Crippen LogP contribution in [0.1, 0.15) is 21.5 Å². The van der Waals surface area contributed by atoms with E-state index in [0.717, 1.165) is 16.4 Å². The number of pyridine rings is 1. The Morgan fingerprint density at radius 2 is 1.62 bits per heavy atom. The lowest BCUT2D eigenvalue weighted by molar-refractivity contribution is -0.274. The highest BCUT2D eigenvalue weighted by molar-refractivity contribution is 7.92. The highest BCUT2D eigenvalue weighted by Crippen LogP contribution is 2.37. The number of nitrogens with two attached hydrogens (primary N) is 1. The molecule has 0 fully saturated rings. The molecule has 0 saturated carbocycles. The third kappa shape index (κ3) is 7.29. The largest absolute Gasteiger partial charge is 0.573 e. The van der Waals surface area contributed by atoms with Gasteiger partial charge in [0.25, 0.3) is 10.0 Å². The molecular formula is C28H25ClF3N3O6S. The average molecular weight is 624 g/mol. The number of hydrogen-bond donors (Lipinski definition) is 1. The molecule has 0 saturated heterocycles. The standard InChI is InChI=1S/C28H24F3N3O6S.ClH/c1-18-14-21(20-5-7-23(8-6-20)39-28(29,30)31)15-25(27(35)40-32)26(18)34(17-19-4-3-13-33-16-19)41(36,37)24-11-9-22(38-2)10-12-24;/h3-16H,17,32H2,1-2H3;1H. The number of rotatable bonds is 9. The molecule has 4 rings (SSSR count). The summed E-state index contributed by atoms with van der Waals surface area (Å²) in [5.41, 5.74) is 1.52. The lowest BCUT2D eigenvalue weighted by Gasteiger charge is -2.28. The van der Waals surface area contributed by atoms with Crippen LogP contribution in [0.15, 0.2) is 90.1 Å². The molecule has 0 aliphatic heterocycles. The summed E-state index contributed by atoms with van der Waals surface area (Å²) in [4.78, 5) is 21.4. The minimum atomic E-state index is -4.86. The van der Waals surface area contributed by atoms with Gasteiger partial charge in [-0.05, 0) is 83.8 Å². The maximum Gasteiger partial charge on any atom is 0.573 e. The third-order valence-electron chi connectivity index (χ3n) is 5.99. The van der Waals surface area contributed by atoms with Gasteiger partial charge in [0.1, 0.15) is 11.5 Å². The zero-order valence-corrected chi connectivity index (χ0v) is 23.8. The number of ether oxygens (including phenoxy) is 2. The van der Waals surface area contributed by atoms with Crippen LogP contribution in [0.2, 0.25) is 0 Å². The summed E-state index contributed by atoms with van der Waals surface area (Å²) in [6.45, 7) is 1.39. The summed E-state index contributed by atoms with van der Waals surface area (Å²) in [6.07, 6.45) is -1.83. The van der Waals surface area contributed by atoms with Gasteiger partial charge in [-0.15, -0.1) is 25.6 Å². The molecule has 1 heterocycles. The minimum Gasteiger partial charge on any atom is -0.497 e. The number of carbonyl (C=O) groups excluding carboxylic acids is 1. The molecule has 14 heteroatoms. The number of hydrogen-bond acceptors (Lipinski definition) is 8. The zero-order valence-electron chi connectivity index (χ0n) is 22.2. The number of aromatic nitrogens is 1. The molecule has 0 atom stereocenters. The Kier molecular flexibility index (Phi) is 10.0. The predicted molar refractivity (Wildman–Crippen MR) is 151 cm³/mol. The maximum atomic E-state index is 14.0. The van der Waals surface area contributed by atoms with E-state index >= 15 is 0 Å². The van der Waals surface area contributed by atoms with Crippen LogP contribution in [0.25, 0.3) is 11.1 Å². The van der Waals surface area contributed by atoms with Gasteiger partial charge in [-0.1, -0.05) is 18.2 Å². The molecule has 1 aromatic heterocycles. The van der Waals surface area contributed by atoms with Crippen molar-refractivity contribution in [3.8, 4) is 22.6 Å². The average Bonchev–Trinajstić information content (AvgIpc) is 2.95. The lowest BCUT2D eigenvalue weighted by atomic mass is 9.98. The summed E-state index contributed by atoms with van der Waals surface area (Å²) in [6, 6.07) is 17.0. The fourth-order valence-electron chi connectivity index (χ4n) is 4.16. The van der Waals surface area contributed by atoms with E-state index in [1.54, 1.807) is 25.1 Å². The Balaban J connectivity index is 0.00000484. The zero-order chi connectivity index (χ0) is 29.8. The van der Waals surface area contributed by atoms with Crippen LogP contribution < -0.4 is 19.7 Å². The molecule has 0 radical (unpaired) electrons. The smallest absolute Gasteiger partial charge is 0.497 e. The number of alkyl halides is 3. The van der Waals surface area contributed by atoms with Crippen LogP contribution in [-0.2, 0) is 21.4 Å². The highest BCUT2D eigenvalue weighted by atomic mass is 35.5. The van der Waals surface area contributed by atoms with Crippen molar-refractivity contribution in [3.63, 3.8) is 0 Å². The highest BCUT2D eigenvalue weighted by Gasteiger charge is 2.32. The van der Waals surface area contributed by atoms with Gasteiger partial charge in [0.15, 0.2) is 0 Å². The van der Waals surface area contributed by atoms with Crippen LogP contribution >= 0.6 is 12.4 Å². The van der Waals surface area contributed by atoms with Crippen molar-refractivity contribution >= 4 is 34.1 Å². The first-order valence-electron chi connectivity index (χ1n) is 11.9. The third-order valence-corrected chi connectivity index (χ3v) is 7.75. The summed E-state index contributed by atoms with van der Waals surface area (Å²) in [5, 5.41) is 0. The van der Waals surface area contributed by atoms with Crippen molar-refractivity contribution in [1.82, 2.24) is 4.98 Å². The Morgan fingerprint density at radius 3 is 2.17 bits per heavy atom. The number of aryl methyl sites for hydroxylation is 1. The van der Waals surface area contributed by atoms with Crippen molar-refractivity contribution in [2.75, 3.05) is 11.4 Å². The molecule has 0 aliphatic carbocycles. The van der Waals surface area contributed by atoms with Gasteiger partial charge in [-0.3, -0.25) is 9.29 Å². The van der Waals surface area contributed by atoms with Crippen molar-refractivity contribution < 1.29 is 40.7 Å². The Bertz CT molecular complexity index is 1640. The van der Waals surface area contributed by atoms with Gasteiger partial charge in [-0.25, -0.2) is 13.2 Å². The molecular weight excluding hydrogens is 599 g/mol. The van der Waals surface area contributed by atoms with Gasteiger partial charge < -0.3 is 14.3 Å². The molecule has 42 heavy (non-hydrogen) atoms. The van der Waals surface area contributed by atoms with E-state index in [1.165, 1.54) is 62.0 Å². The van der Waals surface area contributed by atoms with E-state index in [4.69, 9.17) is 10.6 Å². The van der Waals surface area contributed by atoms with Crippen molar-refractivity contribution in [2.24, 2.45) is 5.90 Å². The van der Waals surface area contributed by atoms with E-state index in [1.807, 2.05) is 0 Å². The second-order valence-corrected chi connectivity index (χ2v) is 10.6. The molecule has 0 bridgehead atoms. The van der Waals surface area contributed by atoms with Gasteiger partial charge in [-0.2, -0.15) is 5.90 Å². The normalized spacial score (nSPS) is 11.3. The summed E-state index contributed by atoms with van der Waals surface area (Å²) in [7, 11) is -2.84. The molecule has 0 unspecified atom stereocenters. The molecule has 4 aromatic rings. The maximum absolute atomic E-state index is 14.0. The van der Waals surface area contributed by atoms with E-state index in [-0.39, 0.29) is 35.1 Å². The topological polar surface area (TPSA) is 121 Å². The van der Waals surface area contributed by atoms with Gasteiger partial charge in [0, 0.05) is 12.4 Å². The lowest BCUT2D eigenvalue weighted by Crippen LogP contribution is -2.33. The number of halogens is 4. The number of sulfonamides is 1. The van der Waals surface area contributed by atoms with E-state index in [2.05, 4.69) is 14.6 Å². The van der Waals surface area contributed by atoms with Gasteiger partial charge in [0.05, 0.1) is 29.8 Å². The van der Waals surface area contributed by atoms with Crippen LogP contribution in [0, 0.1) is 6.92 Å². The summed E-state index contributed by atoms with van der Waals surface area (Å²) < 4.78 is 75.9. The molecule has 222 valence electrons. The number of carbonyl (C=O) groups is 1. The first-order valence-corrected chi connectivity index (χ1v) is 13.3. The number of methoxy groups -OCH3 is 1. The summed E-state index contributed by atoms with van der Waals surface area (Å²) >= 11 is 0. The van der Waals surface area contributed by atoms with Crippen molar-refractivity contribution in [1.29, 1.82) is 0 Å². The van der Waals surface area contributed by atoms with Crippen LogP contribution in [0.4, 0.5) is 18.9 Å². The molecule has 9 nitrogen and oxygen atoms in total. The molecule has 0 amide bonds. The minimum absolute atomic E-state index is 0. The fourth-order valence-corrected chi connectivity index (χ4v) is 5.70. The quantitative estimate of drug-likeness (QED) is 0.232. The van der Waals surface area contributed by atoms with Gasteiger partial charge in [0.2, 0.25) is 0 Å². The number of anilines is 1. The Morgan fingerprint density at radius 1 is 0.976 bits per heavy atom. The fraction of sp³-hybridized carbons (Fsp3) is 0.143. The molecule has 0 spiro atoms. The molecule has 2 N–H and O–H groups in total. The molecule has 3 aromatic carbocycles. The predicted octanol–water partition coefficient (Wildman–Crippen LogP) is 5.81. The second-order valence-electron chi connectivity index (χ2n) is 8.72. The Labute approximate surface area is 246 Å². The number of benzene rings is 3. The second kappa shape index (κ2) is 13.1. The van der Waals surface area contributed by atoms with E-state index in [9.17, 15) is 26.4 Å². The van der Waals surface area contributed by atoms with E-state index in [0.29, 0.717) is 28.0 Å². The monoisotopic (exact) mass is 623 g/mol.